The molecule has 0 bridgehead atoms. The lowest BCUT2D eigenvalue weighted by Crippen LogP contribution is -2.29. The van der Waals surface area contributed by atoms with Gasteiger partial charge in [-0.1, -0.05) is 4.47 Å². The minimum absolute atomic E-state index is 0.0491. The zero-order chi connectivity index (χ0) is 22.0. The van der Waals surface area contributed by atoms with E-state index in [-0.39, 0.29) is 10.8 Å². The molecule has 31 heavy (non-hydrogen) atoms. The maximum atomic E-state index is 12.6. The fourth-order valence-electron chi connectivity index (χ4n) is 3.45. The highest BCUT2D eigenvalue weighted by Gasteiger charge is 2.21. The van der Waals surface area contributed by atoms with Crippen LogP contribution in [0.5, 0.6) is 0 Å². The Morgan fingerprint density at radius 3 is 2.48 bits per heavy atom. The van der Waals surface area contributed by atoms with Gasteiger partial charge in [0.25, 0.3) is 15.9 Å². The molecule has 7 nitrogen and oxygen atoms in total. The Morgan fingerprint density at radius 2 is 1.81 bits per heavy atom. The van der Waals surface area contributed by atoms with Crippen LogP contribution in [0.25, 0.3) is 0 Å². The fourth-order valence-corrected chi connectivity index (χ4v) is 5.32. The lowest BCUT2D eigenvalue weighted by molar-refractivity contribution is -0.0258. The zero-order valence-corrected chi connectivity index (χ0v) is 18.9. The number of carbonyl (C=O) groups excluding carboxylic acids is 1. The van der Waals surface area contributed by atoms with Gasteiger partial charge in [-0.15, -0.1) is 11.3 Å². The number of carbonyl (C=O) groups is 1. The Morgan fingerprint density at radius 1 is 1.10 bits per heavy atom. The van der Waals surface area contributed by atoms with Crippen molar-refractivity contribution in [1.82, 2.24) is 4.47 Å². The molecule has 0 atom stereocenters. The van der Waals surface area contributed by atoms with Crippen molar-refractivity contribution in [2.24, 2.45) is 0 Å². The van der Waals surface area contributed by atoms with E-state index in [0.717, 1.165) is 29.7 Å². The number of fused-ring (bicyclic) bond motifs is 1. The third-order valence-electron chi connectivity index (χ3n) is 5.31. The van der Waals surface area contributed by atoms with Crippen LogP contribution in [-0.2, 0) is 27.8 Å². The number of amides is 1. The number of benzene rings is 2. The summed E-state index contributed by atoms with van der Waals surface area (Å²) >= 11 is 1.82. The first-order valence-corrected chi connectivity index (χ1v) is 12.0. The van der Waals surface area contributed by atoms with Gasteiger partial charge in [-0.3, -0.25) is 9.63 Å². The van der Waals surface area contributed by atoms with Gasteiger partial charge in [0.2, 0.25) is 0 Å². The highest BCUT2D eigenvalue weighted by molar-refractivity contribution is 7.89. The maximum absolute atomic E-state index is 12.6. The molecule has 0 fully saturated rings. The Kier molecular flexibility index (Phi) is 6.10. The third kappa shape index (κ3) is 4.49. The van der Waals surface area contributed by atoms with E-state index in [0.29, 0.717) is 11.3 Å². The predicted molar refractivity (Wildman–Crippen MR) is 122 cm³/mol. The van der Waals surface area contributed by atoms with Crippen molar-refractivity contribution in [3.8, 4) is 0 Å². The average molecular weight is 458 g/mol. The molecule has 1 aliphatic rings. The van der Waals surface area contributed by atoms with Crippen LogP contribution in [0, 0.1) is 0 Å². The van der Waals surface area contributed by atoms with E-state index in [2.05, 4.69) is 21.7 Å². The predicted octanol–water partition coefficient (Wildman–Crippen LogP) is 3.75. The highest BCUT2D eigenvalue weighted by Crippen LogP contribution is 2.28. The summed E-state index contributed by atoms with van der Waals surface area (Å²) in [5.74, 6) is -0.308. The van der Waals surface area contributed by atoms with E-state index in [1.165, 1.54) is 48.9 Å². The van der Waals surface area contributed by atoms with Crippen LogP contribution < -0.4 is 10.2 Å². The van der Waals surface area contributed by atoms with E-state index in [1.807, 2.05) is 35.6 Å². The fraction of sp³-hybridized carbons (Fsp3) is 0.227. The molecule has 9 heteroatoms. The smallest absolute Gasteiger partial charge is 0.264 e. The molecule has 0 aliphatic carbocycles. The second-order valence-electron chi connectivity index (χ2n) is 7.16. The van der Waals surface area contributed by atoms with Crippen molar-refractivity contribution in [2.75, 3.05) is 30.9 Å². The molecular weight excluding hydrogens is 434 g/mol. The SMILES string of the molecule is CON(C)S(=O)(=O)c1ccc(C(=O)Nc2ccc(N3CCc4sccc4C3)cc2)cc1. The van der Waals surface area contributed by atoms with E-state index in [1.54, 1.807) is 0 Å². The minimum atomic E-state index is -3.75. The third-order valence-corrected chi connectivity index (χ3v) is 8.02. The summed E-state index contributed by atoms with van der Waals surface area (Å²) in [6, 6.07) is 15.7. The molecule has 0 spiro atoms. The van der Waals surface area contributed by atoms with E-state index in [4.69, 9.17) is 4.84 Å². The molecule has 1 aliphatic heterocycles. The van der Waals surface area contributed by atoms with Crippen molar-refractivity contribution < 1.29 is 18.0 Å². The second kappa shape index (κ2) is 8.80. The Labute approximate surface area is 185 Å². The largest absolute Gasteiger partial charge is 0.367 e. The first kappa shape index (κ1) is 21.5. The normalized spacial score (nSPS) is 13.8. The number of rotatable bonds is 6. The summed E-state index contributed by atoms with van der Waals surface area (Å²) in [5.41, 5.74) is 3.55. The Bertz CT molecular complexity index is 1170. The van der Waals surface area contributed by atoms with E-state index in [9.17, 15) is 13.2 Å². The van der Waals surface area contributed by atoms with Crippen LogP contribution in [0.4, 0.5) is 11.4 Å². The van der Waals surface area contributed by atoms with Crippen LogP contribution in [0.15, 0.2) is 64.9 Å². The Balaban J connectivity index is 1.41. The van der Waals surface area contributed by atoms with Gasteiger partial charge < -0.3 is 10.2 Å². The van der Waals surface area contributed by atoms with Gasteiger partial charge in [-0.25, -0.2) is 8.42 Å². The number of hydroxylamine groups is 1. The van der Waals surface area contributed by atoms with Gasteiger partial charge in [-0.2, -0.15) is 0 Å². The maximum Gasteiger partial charge on any atom is 0.264 e. The summed E-state index contributed by atoms with van der Waals surface area (Å²) in [7, 11) is -1.16. The van der Waals surface area contributed by atoms with E-state index < -0.39 is 10.0 Å². The van der Waals surface area contributed by atoms with Crippen LogP contribution in [0.1, 0.15) is 20.8 Å². The van der Waals surface area contributed by atoms with Gasteiger partial charge in [0.05, 0.1) is 12.0 Å². The summed E-state index contributed by atoms with van der Waals surface area (Å²) in [4.78, 5) is 21.2. The Hall–Kier alpha value is -2.72. The monoisotopic (exact) mass is 457 g/mol. The first-order valence-electron chi connectivity index (χ1n) is 9.73. The van der Waals surface area contributed by atoms with Crippen molar-refractivity contribution in [2.45, 2.75) is 17.9 Å². The van der Waals surface area contributed by atoms with Crippen molar-refractivity contribution in [3.05, 3.63) is 76.0 Å². The molecule has 1 amide bonds. The molecule has 1 aromatic heterocycles. The first-order chi connectivity index (χ1) is 14.9. The molecule has 3 aromatic rings. The molecule has 0 saturated heterocycles. The zero-order valence-electron chi connectivity index (χ0n) is 17.2. The topological polar surface area (TPSA) is 78.9 Å². The van der Waals surface area contributed by atoms with E-state index >= 15 is 0 Å². The summed E-state index contributed by atoms with van der Waals surface area (Å²) in [6.45, 7) is 1.88. The lowest BCUT2D eigenvalue weighted by atomic mass is 10.1. The number of thiophene rings is 1. The van der Waals surface area contributed by atoms with Crippen LogP contribution in [0.3, 0.4) is 0 Å². The summed E-state index contributed by atoms with van der Waals surface area (Å²) in [5, 5.41) is 5.00. The molecule has 2 heterocycles. The highest BCUT2D eigenvalue weighted by atomic mass is 32.2. The average Bonchev–Trinajstić information content (AvgIpc) is 3.27. The number of hydrogen-bond donors (Lipinski definition) is 1. The number of nitrogens with one attached hydrogen (secondary N) is 1. The van der Waals surface area contributed by atoms with Crippen LogP contribution in [0.2, 0.25) is 0 Å². The number of anilines is 2. The van der Waals surface area contributed by atoms with Gasteiger partial charge in [0.15, 0.2) is 0 Å². The number of hydrogen-bond acceptors (Lipinski definition) is 6. The molecule has 4 rings (SSSR count). The molecule has 0 saturated carbocycles. The van der Waals surface area contributed by atoms with Crippen LogP contribution >= 0.6 is 11.3 Å². The van der Waals surface area contributed by atoms with Gasteiger partial charge in [-0.05, 0) is 72.0 Å². The van der Waals surface area contributed by atoms with Crippen molar-refractivity contribution in [3.63, 3.8) is 0 Å². The molecule has 162 valence electrons. The van der Waals surface area contributed by atoms with Crippen LogP contribution in [-0.4, -0.2) is 39.5 Å². The molecular formula is C22H23N3O4S2. The quantitative estimate of drug-likeness (QED) is 0.571. The molecule has 0 unspecified atom stereocenters. The lowest BCUT2D eigenvalue weighted by Gasteiger charge is -2.29. The van der Waals surface area contributed by atoms with Gasteiger partial charge in [0.1, 0.15) is 0 Å². The summed E-state index contributed by atoms with van der Waals surface area (Å²) in [6.07, 6.45) is 1.05. The minimum Gasteiger partial charge on any atom is -0.367 e. The molecule has 1 N–H and O–H groups in total. The van der Waals surface area contributed by atoms with Crippen molar-refractivity contribution >= 4 is 38.6 Å². The number of nitrogens with zero attached hydrogens (tertiary/aromatic N) is 2. The summed E-state index contributed by atoms with van der Waals surface area (Å²) < 4.78 is 25.3. The number of sulfonamides is 1. The van der Waals surface area contributed by atoms with Gasteiger partial charge in [0, 0.05) is 42.0 Å². The standard InChI is InChI=1S/C22H23N3O4S2/c1-24(29-2)31(27,28)20-9-3-16(4-10-20)22(26)23-18-5-7-19(8-6-18)25-13-11-21-17(15-25)12-14-30-21/h3-10,12,14H,11,13,15H2,1-2H3,(H,23,26). The molecule has 2 aromatic carbocycles. The van der Waals surface area contributed by atoms with Gasteiger partial charge >= 0.3 is 0 Å². The molecule has 0 radical (unpaired) electrons. The van der Waals surface area contributed by atoms with Crippen molar-refractivity contribution in [1.29, 1.82) is 0 Å². The second-order valence-corrected chi connectivity index (χ2v) is 10.1.